The van der Waals surface area contributed by atoms with Crippen molar-refractivity contribution in [2.24, 2.45) is 5.73 Å². The van der Waals surface area contributed by atoms with Crippen LogP contribution < -0.4 is 5.73 Å². The molecule has 18 heavy (non-hydrogen) atoms. The Morgan fingerprint density at radius 3 is 2.50 bits per heavy atom. The maximum atomic E-state index is 12.9. The predicted molar refractivity (Wildman–Crippen MR) is 61.2 cm³/mol. The van der Waals surface area contributed by atoms with Gasteiger partial charge in [-0.15, -0.1) is 0 Å². The van der Waals surface area contributed by atoms with Crippen molar-refractivity contribution in [1.29, 1.82) is 0 Å². The lowest BCUT2D eigenvalue weighted by atomic mass is 10.1. The first-order valence-electron chi connectivity index (χ1n) is 5.35. The summed E-state index contributed by atoms with van der Waals surface area (Å²) in [5.41, 5.74) is 6.15. The Bertz CT molecular complexity index is 558. The van der Waals surface area contributed by atoms with E-state index < -0.39 is 11.7 Å². The molecule has 3 nitrogen and oxygen atoms in total. The van der Waals surface area contributed by atoms with E-state index in [9.17, 15) is 13.2 Å². The molecule has 0 bridgehead atoms. The molecular formula is C12H12F3N3. The molecule has 0 fully saturated rings. The second-order valence-corrected chi connectivity index (χ2v) is 3.90. The first kappa shape index (κ1) is 12.6. The summed E-state index contributed by atoms with van der Waals surface area (Å²) in [6.07, 6.45) is -2.88. The van der Waals surface area contributed by atoms with Crippen LogP contribution in [0.3, 0.4) is 0 Å². The summed E-state index contributed by atoms with van der Waals surface area (Å²) < 4.78 is 39.8. The fourth-order valence-electron chi connectivity index (χ4n) is 1.73. The smallest absolute Gasteiger partial charge is 0.326 e. The fourth-order valence-corrected chi connectivity index (χ4v) is 1.73. The van der Waals surface area contributed by atoms with E-state index in [-0.39, 0.29) is 12.2 Å². The standard InChI is InChI=1S/C12H12F3N3/c1-8-9(6-16)7-18(17-8)11-5-3-2-4-10(11)12(13,14)15/h2-5,7H,6,16H2,1H3. The van der Waals surface area contributed by atoms with Gasteiger partial charge in [-0.3, -0.25) is 0 Å². The fraction of sp³-hybridized carbons (Fsp3) is 0.250. The van der Waals surface area contributed by atoms with Crippen LogP contribution in [-0.4, -0.2) is 9.78 Å². The van der Waals surface area contributed by atoms with E-state index in [1.165, 1.54) is 23.0 Å². The van der Waals surface area contributed by atoms with Gasteiger partial charge in [-0.1, -0.05) is 12.1 Å². The molecule has 0 saturated carbocycles. The first-order valence-corrected chi connectivity index (χ1v) is 5.35. The molecule has 0 aliphatic rings. The van der Waals surface area contributed by atoms with Gasteiger partial charge in [0.15, 0.2) is 0 Å². The molecule has 0 radical (unpaired) electrons. The van der Waals surface area contributed by atoms with Crippen molar-refractivity contribution in [2.75, 3.05) is 0 Å². The van der Waals surface area contributed by atoms with Crippen molar-refractivity contribution >= 4 is 0 Å². The zero-order chi connectivity index (χ0) is 13.3. The molecule has 0 aliphatic carbocycles. The molecular weight excluding hydrogens is 243 g/mol. The maximum absolute atomic E-state index is 12.9. The Hall–Kier alpha value is -1.82. The second-order valence-electron chi connectivity index (χ2n) is 3.90. The molecule has 1 aromatic heterocycles. The number of halogens is 3. The third-order valence-corrected chi connectivity index (χ3v) is 2.68. The molecule has 2 rings (SSSR count). The summed E-state index contributed by atoms with van der Waals surface area (Å²) in [7, 11) is 0. The van der Waals surface area contributed by atoms with Crippen LogP contribution in [0.4, 0.5) is 13.2 Å². The number of nitrogens with two attached hydrogens (primary N) is 1. The third-order valence-electron chi connectivity index (χ3n) is 2.68. The normalized spacial score (nSPS) is 11.8. The van der Waals surface area contributed by atoms with Crippen molar-refractivity contribution in [3.63, 3.8) is 0 Å². The number of nitrogens with zero attached hydrogens (tertiary/aromatic N) is 2. The molecule has 1 heterocycles. The highest BCUT2D eigenvalue weighted by molar-refractivity contribution is 5.43. The number of alkyl halides is 3. The van der Waals surface area contributed by atoms with Crippen molar-refractivity contribution in [2.45, 2.75) is 19.6 Å². The van der Waals surface area contributed by atoms with Gasteiger partial charge in [-0.2, -0.15) is 18.3 Å². The van der Waals surface area contributed by atoms with E-state index in [0.717, 1.165) is 11.6 Å². The average Bonchev–Trinajstić information content (AvgIpc) is 2.69. The number of benzene rings is 1. The highest BCUT2D eigenvalue weighted by Gasteiger charge is 2.33. The van der Waals surface area contributed by atoms with Crippen LogP contribution in [0.15, 0.2) is 30.5 Å². The average molecular weight is 255 g/mol. The van der Waals surface area contributed by atoms with Crippen LogP contribution in [0, 0.1) is 6.92 Å². The minimum Gasteiger partial charge on any atom is -0.326 e. The summed E-state index contributed by atoms with van der Waals surface area (Å²) in [4.78, 5) is 0. The SMILES string of the molecule is Cc1nn(-c2ccccc2C(F)(F)F)cc1CN. The van der Waals surface area contributed by atoms with Crippen LogP contribution in [-0.2, 0) is 12.7 Å². The lowest BCUT2D eigenvalue weighted by Gasteiger charge is -2.12. The van der Waals surface area contributed by atoms with Crippen molar-refractivity contribution in [3.05, 3.63) is 47.3 Å². The zero-order valence-electron chi connectivity index (χ0n) is 9.70. The molecule has 96 valence electrons. The zero-order valence-corrected chi connectivity index (χ0v) is 9.70. The second kappa shape index (κ2) is 4.45. The molecule has 0 spiro atoms. The Morgan fingerprint density at radius 2 is 1.94 bits per heavy atom. The Labute approximate surface area is 102 Å². The van der Waals surface area contributed by atoms with Gasteiger partial charge in [-0.25, -0.2) is 4.68 Å². The topological polar surface area (TPSA) is 43.8 Å². The van der Waals surface area contributed by atoms with Crippen LogP contribution in [0.25, 0.3) is 5.69 Å². The molecule has 0 aliphatic heterocycles. The summed E-state index contributed by atoms with van der Waals surface area (Å²) in [6, 6.07) is 5.32. The van der Waals surface area contributed by atoms with Gasteiger partial charge in [0.2, 0.25) is 0 Å². The monoisotopic (exact) mass is 255 g/mol. The van der Waals surface area contributed by atoms with Gasteiger partial charge in [0.1, 0.15) is 0 Å². The van der Waals surface area contributed by atoms with Gasteiger partial charge < -0.3 is 5.73 Å². The van der Waals surface area contributed by atoms with Gasteiger partial charge in [-0.05, 0) is 19.1 Å². The first-order chi connectivity index (χ1) is 8.43. The van der Waals surface area contributed by atoms with E-state index >= 15 is 0 Å². The number of rotatable bonds is 2. The molecule has 0 unspecified atom stereocenters. The van der Waals surface area contributed by atoms with E-state index in [1.54, 1.807) is 13.0 Å². The molecule has 6 heteroatoms. The molecule has 0 atom stereocenters. The third kappa shape index (κ3) is 2.24. The molecule has 2 aromatic rings. The van der Waals surface area contributed by atoms with Crippen LogP contribution in [0.2, 0.25) is 0 Å². The summed E-state index contributed by atoms with van der Waals surface area (Å²) in [6.45, 7) is 1.97. The van der Waals surface area contributed by atoms with E-state index in [1.807, 2.05) is 0 Å². The molecule has 2 N–H and O–H groups in total. The van der Waals surface area contributed by atoms with Crippen molar-refractivity contribution in [1.82, 2.24) is 9.78 Å². The van der Waals surface area contributed by atoms with E-state index in [2.05, 4.69) is 5.10 Å². The van der Waals surface area contributed by atoms with E-state index in [4.69, 9.17) is 5.73 Å². The maximum Gasteiger partial charge on any atom is 0.418 e. The highest BCUT2D eigenvalue weighted by atomic mass is 19.4. The number of para-hydroxylation sites is 1. The Kier molecular flexibility index (Phi) is 3.13. The molecule has 0 saturated heterocycles. The lowest BCUT2D eigenvalue weighted by Crippen LogP contribution is -2.11. The van der Waals surface area contributed by atoms with Crippen LogP contribution >= 0.6 is 0 Å². The predicted octanol–water partition coefficient (Wildman–Crippen LogP) is 2.66. The van der Waals surface area contributed by atoms with Crippen LogP contribution in [0.1, 0.15) is 16.8 Å². The van der Waals surface area contributed by atoms with Gasteiger partial charge in [0, 0.05) is 18.3 Å². The summed E-state index contributed by atoms with van der Waals surface area (Å²) >= 11 is 0. The van der Waals surface area contributed by atoms with Gasteiger partial charge >= 0.3 is 6.18 Å². The minimum atomic E-state index is -4.40. The number of hydrogen-bond acceptors (Lipinski definition) is 2. The molecule has 0 amide bonds. The summed E-state index contributed by atoms with van der Waals surface area (Å²) in [5, 5.41) is 4.06. The minimum absolute atomic E-state index is 0.00722. The van der Waals surface area contributed by atoms with Crippen molar-refractivity contribution < 1.29 is 13.2 Å². The quantitative estimate of drug-likeness (QED) is 0.896. The number of aromatic nitrogens is 2. The molecule has 1 aromatic carbocycles. The van der Waals surface area contributed by atoms with E-state index in [0.29, 0.717) is 5.69 Å². The van der Waals surface area contributed by atoms with Gasteiger partial charge in [0.25, 0.3) is 0 Å². The van der Waals surface area contributed by atoms with Gasteiger partial charge in [0.05, 0.1) is 16.9 Å². The van der Waals surface area contributed by atoms with Crippen LogP contribution in [0.5, 0.6) is 0 Å². The lowest BCUT2D eigenvalue weighted by molar-refractivity contribution is -0.137. The Morgan fingerprint density at radius 1 is 1.28 bits per heavy atom. The summed E-state index contributed by atoms with van der Waals surface area (Å²) in [5.74, 6) is 0. The van der Waals surface area contributed by atoms with Crippen molar-refractivity contribution in [3.8, 4) is 5.69 Å². The highest BCUT2D eigenvalue weighted by Crippen LogP contribution is 2.33. The largest absolute Gasteiger partial charge is 0.418 e. The number of aryl methyl sites for hydroxylation is 1. The Balaban J connectivity index is 2.57. The number of hydrogen-bond donors (Lipinski definition) is 1.